The van der Waals surface area contributed by atoms with E-state index in [1.807, 2.05) is 25.1 Å². The van der Waals surface area contributed by atoms with Crippen LogP contribution in [0.3, 0.4) is 0 Å². The molecular formula is C16H21ClF3N3O. The van der Waals surface area contributed by atoms with E-state index >= 15 is 0 Å². The maximum absolute atomic E-state index is 12.5. The van der Waals surface area contributed by atoms with Gasteiger partial charge in [-0.25, -0.2) is 4.79 Å². The molecule has 0 saturated carbocycles. The van der Waals surface area contributed by atoms with E-state index in [9.17, 15) is 18.0 Å². The topological polar surface area (TPSA) is 35.6 Å². The van der Waals surface area contributed by atoms with Crippen LogP contribution in [0, 0.1) is 0 Å². The first-order chi connectivity index (χ1) is 11.3. The molecule has 1 N–H and O–H groups in total. The summed E-state index contributed by atoms with van der Waals surface area (Å²) in [6, 6.07) is 6.67. The van der Waals surface area contributed by atoms with E-state index in [1.165, 1.54) is 4.90 Å². The normalized spacial score (nSPS) is 18.1. The van der Waals surface area contributed by atoms with Crippen LogP contribution >= 0.6 is 11.6 Å². The molecule has 134 valence electrons. The van der Waals surface area contributed by atoms with Crippen LogP contribution in [0.2, 0.25) is 5.02 Å². The fourth-order valence-corrected chi connectivity index (χ4v) is 3.07. The van der Waals surface area contributed by atoms with Gasteiger partial charge in [-0.15, -0.1) is 0 Å². The summed E-state index contributed by atoms with van der Waals surface area (Å²) < 4.78 is 37.4. The molecular weight excluding hydrogens is 343 g/mol. The lowest BCUT2D eigenvalue weighted by molar-refractivity contribution is -0.145. The third kappa shape index (κ3) is 5.56. The van der Waals surface area contributed by atoms with Gasteiger partial charge in [-0.3, -0.25) is 4.90 Å². The Bertz CT molecular complexity index is 568. The molecule has 0 radical (unpaired) electrons. The van der Waals surface area contributed by atoms with Crippen molar-refractivity contribution in [3.05, 3.63) is 34.9 Å². The van der Waals surface area contributed by atoms with Gasteiger partial charge in [0.25, 0.3) is 0 Å². The van der Waals surface area contributed by atoms with Crippen LogP contribution in [0.25, 0.3) is 0 Å². The van der Waals surface area contributed by atoms with Crippen LogP contribution in [0.4, 0.5) is 18.0 Å². The minimum absolute atomic E-state index is 0.216. The van der Waals surface area contributed by atoms with Crippen LogP contribution in [0.1, 0.15) is 24.9 Å². The fraction of sp³-hybridized carbons (Fsp3) is 0.562. The molecule has 1 unspecified atom stereocenters. The van der Waals surface area contributed by atoms with E-state index in [-0.39, 0.29) is 25.2 Å². The van der Waals surface area contributed by atoms with Gasteiger partial charge in [0.05, 0.1) is 12.6 Å². The summed E-state index contributed by atoms with van der Waals surface area (Å²) in [5, 5.41) is 3.43. The van der Waals surface area contributed by atoms with Crippen LogP contribution in [0.5, 0.6) is 0 Å². The number of urea groups is 1. The van der Waals surface area contributed by atoms with Crippen molar-refractivity contribution in [1.82, 2.24) is 15.1 Å². The number of carbonyl (C=O) groups excluding carboxylic acids is 1. The van der Waals surface area contributed by atoms with Gasteiger partial charge in [0.2, 0.25) is 0 Å². The highest BCUT2D eigenvalue weighted by atomic mass is 35.5. The molecule has 0 aliphatic carbocycles. The van der Waals surface area contributed by atoms with Crippen LogP contribution in [-0.2, 0) is 0 Å². The second-order valence-corrected chi connectivity index (χ2v) is 6.33. The largest absolute Gasteiger partial charge is 0.401 e. The van der Waals surface area contributed by atoms with E-state index in [0.29, 0.717) is 24.5 Å². The van der Waals surface area contributed by atoms with Gasteiger partial charge in [-0.05, 0) is 25.0 Å². The molecule has 0 aromatic heterocycles. The molecule has 2 rings (SSSR count). The van der Waals surface area contributed by atoms with Crippen molar-refractivity contribution in [3.63, 3.8) is 0 Å². The molecule has 1 heterocycles. The highest BCUT2D eigenvalue weighted by Crippen LogP contribution is 2.22. The first-order valence-electron chi connectivity index (χ1n) is 7.85. The van der Waals surface area contributed by atoms with Gasteiger partial charge in [0.1, 0.15) is 0 Å². The van der Waals surface area contributed by atoms with Crippen molar-refractivity contribution in [2.45, 2.75) is 25.6 Å². The van der Waals surface area contributed by atoms with Gasteiger partial charge in [0.15, 0.2) is 0 Å². The van der Waals surface area contributed by atoms with E-state index in [2.05, 4.69) is 5.32 Å². The summed E-state index contributed by atoms with van der Waals surface area (Å²) in [5.41, 5.74) is 0.807. The Balaban J connectivity index is 1.90. The van der Waals surface area contributed by atoms with E-state index in [1.54, 1.807) is 11.0 Å². The number of alkyl halides is 3. The SMILES string of the molecule is CC(NC(=O)N1CCCN(CC(F)(F)F)CC1)c1ccccc1Cl. The highest BCUT2D eigenvalue weighted by Gasteiger charge is 2.32. The number of hydrogen-bond acceptors (Lipinski definition) is 2. The summed E-state index contributed by atoms with van der Waals surface area (Å²) in [6.07, 6.45) is -3.69. The fourth-order valence-electron chi connectivity index (χ4n) is 2.77. The summed E-state index contributed by atoms with van der Waals surface area (Å²) >= 11 is 6.12. The summed E-state index contributed by atoms with van der Waals surface area (Å²) in [5.74, 6) is 0. The van der Waals surface area contributed by atoms with Gasteiger partial charge in [-0.1, -0.05) is 29.8 Å². The summed E-state index contributed by atoms with van der Waals surface area (Å²) in [6.45, 7) is 2.16. The minimum Gasteiger partial charge on any atom is -0.331 e. The predicted octanol–water partition coefficient (Wildman–Crippen LogP) is 3.68. The molecule has 1 aromatic rings. The molecule has 4 nitrogen and oxygen atoms in total. The maximum atomic E-state index is 12.5. The number of halogens is 4. The number of benzene rings is 1. The molecule has 1 atom stereocenters. The van der Waals surface area contributed by atoms with E-state index in [0.717, 1.165) is 5.56 Å². The first kappa shape index (κ1) is 18.9. The highest BCUT2D eigenvalue weighted by molar-refractivity contribution is 6.31. The molecule has 2 amide bonds. The lowest BCUT2D eigenvalue weighted by Gasteiger charge is -2.25. The van der Waals surface area contributed by atoms with E-state index in [4.69, 9.17) is 11.6 Å². The summed E-state index contributed by atoms with van der Waals surface area (Å²) in [7, 11) is 0. The smallest absolute Gasteiger partial charge is 0.331 e. The van der Waals surface area contributed by atoms with Crippen molar-refractivity contribution in [2.75, 3.05) is 32.7 Å². The van der Waals surface area contributed by atoms with Crippen molar-refractivity contribution >= 4 is 17.6 Å². The number of carbonyl (C=O) groups is 1. The molecule has 1 aromatic carbocycles. The maximum Gasteiger partial charge on any atom is 0.401 e. The van der Waals surface area contributed by atoms with Crippen LogP contribution in [0.15, 0.2) is 24.3 Å². The zero-order valence-corrected chi connectivity index (χ0v) is 14.2. The zero-order valence-electron chi connectivity index (χ0n) is 13.4. The molecule has 0 spiro atoms. The Hall–Kier alpha value is -1.47. The molecule has 24 heavy (non-hydrogen) atoms. The molecule has 1 fully saturated rings. The number of rotatable bonds is 3. The van der Waals surface area contributed by atoms with Gasteiger partial charge >= 0.3 is 12.2 Å². The number of nitrogens with one attached hydrogen (secondary N) is 1. The number of amides is 2. The lowest BCUT2D eigenvalue weighted by Crippen LogP contribution is -2.43. The van der Waals surface area contributed by atoms with Crippen molar-refractivity contribution in [3.8, 4) is 0 Å². The third-order valence-electron chi connectivity index (χ3n) is 3.99. The lowest BCUT2D eigenvalue weighted by atomic mass is 10.1. The number of nitrogens with zero attached hydrogens (tertiary/aromatic N) is 2. The quantitative estimate of drug-likeness (QED) is 0.889. The van der Waals surface area contributed by atoms with Gasteiger partial charge in [-0.2, -0.15) is 13.2 Å². The first-order valence-corrected chi connectivity index (χ1v) is 8.23. The zero-order chi connectivity index (χ0) is 17.7. The Morgan fingerprint density at radius 2 is 1.96 bits per heavy atom. The average Bonchev–Trinajstić information content (AvgIpc) is 2.71. The monoisotopic (exact) mass is 363 g/mol. The molecule has 1 aliphatic heterocycles. The Kier molecular flexibility index (Phi) is 6.34. The number of hydrogen-bond donors (Lipinski definition) is 1. The molecule has 1 aliphatic rings. The van der Waals surface area contributed by atoms with Crippen molar-refractivity contribution < 1.29 is 18.0 Å². The van der Waals surface area contributed by atoms with Crippen LogP contribution < -0.4 is 5.32 Å². The summed E-state index contributed by atoms with van der Waals surface area (Å²) in [4.78, 5) is 15.3. The predicted molar refractivity (Wildman–Crippen MR) is 87.1 cm³/mol. The van der Waals surface area contributed by atoms with Crippen molar-refractivity contribution in [1.29, 1.82) is 0 Å². The average molecular weight is 364 g/mol. The molecule has 8 heteroatoms. The van der Waals surface area contributed by atoms with Gasteiger partial charge < -0.3 is 10.2 Å². The Morgan fingerprint density at radius 1 is 1.25 bits per heavy atom. The minimum atomic E-state index is -4.21. The molecule has 0 bridgehead atoms. The second kappa shape index (κ2) is 8.07. The standard InChI is InChI=1S/C16H21ClF3N3O/c1-12(13-5-2-3-6-14(13)17)21-15(24)23-8-4-7-22(9-10-23)11-16(18,19)20/h2-3,5-6,12H,4,7-11H2,1H3,(H,21,24). The Labute approximate surface area is 144 Å². The molecule has 1 saturated heterocycles. The Morgan fingerprint density at radius 3 is 2.62 bits per heavy atom. The van der Waals surface area contributed by atoms with Gasteiger partial charge in [0, 0.05) is 31.2 Å². The second-order valence-electron chi connectivity index (χ2n) is 5.92. The van der Waals surface area contributed by atoms with Crippen molar-refractivity contribution in [2.24, 2.45) is 0 Å². The van der Waals surface area contributed by atoms with E-state index < -0.39 is 12.7 Å². The third-order valence-corrected chi connectivity index (χ3v) is 4.33. The van der Waals surface area contributed by atoms with Crippen LogP contribution in [-0.4, -0.2) is 54.7 Å².